The number of hydrogen-bond donors (Lipinski definition) is 2. The predicted molar refractivity (Wildman–Crippen MR) is 63.3 cm³/mol. The highest BCUT2D eigenvalue weighted by molar-refractivity contribution is 5.70. The van der Waals surface area contributed by atoms with Gasteiger partial charge in [-0.1, -0.05) is 0 Å². The lowest BCUT2D eigenvalue weighted by Gasteiger charge is -2.19. The SMILES string of the molecule is Nc1nc2ncn(C3CCCN3N=O)c2c(=O)[nH]1. The Kier molecular flexibility index (Phi) is 2.25. The molecule has 0 radical (unpaired) electrons. The first-order valence-electron chi connectivity index (χ1n) is 5.53. The Labute approximate surface area is 101 Å². The summed E-state index contributed by atoms with van der Waals surface area (Å²) in [6.07, 6.45) is 2.79. The van der Waals surface area contributed by atoms with Gasteiger partial charge in [-0.05, 0) is 12.8 Å². The van der Waals surface area contributed by atoms with Crippen molar-refractivity contribution in [3.63, 3.8) is 0 Å². The second kappa shape index (κ2) is 3.79. The van der Waals surface area contributed by atoms with Crippen LogP contribution in [0.15, 0.2) is 16.4 Å². The van der Waals surface area contributed by atoms with Crippen molar-refractivity contribution in [3.05, 3.63) is 21.6 Å². The molecule has 0 aromatic carbocycles. The molecular weight excluding hydrogens is 238 g/mol. The number of nitroso groups, excluding NO2 is 1. The number of aromatic nitrogens is 4. The van der Waals surface area contributed by atoms with Crippen molar-refractivity contribution in [2.75, 3.05) is 12.3 Å². The van der Waals surface area contributed by atoms with E-state index >= 15 is 0 Å². The monoisotopic (exact) mass is 249 g/mol. The van der Waals surface area contributed by atoms with E-state index in [-0.39, 0.29) is 23.3 Å². The number of imidazole rings is 1. The van der Waals surface area contributed by atoms with Gasteiger partial charge in [0.25, 0.3) is 5.56 Å². The number of H-pyrrole nitrogens is 1. The number of anilines is 1. The van der Waals surface area contributed by atoms with Crippen molar-refractivity contribution in [1.29, 1.82) is 0 Å². The molecule has 3 rings (SSSR count). The van der Waals surface area contributed by atoms with Gasteiger partial charge in [0.15, 0.2) is 11.2 Å². The summed E-state index contributed by atoms with van der Waals surface area (Å²) in [7, 11) is 0. The molecule has 0 spiro atoms. The summed E-state index contributed by atoms with van der Waals surface area (Å²) in [5.74, 6) is 0.0227. The van der Waals surface area contributed by atoms with Gasteiger partial charge < -0.3 is 10.3 Å². The van der Waals surface area contributed by atoms with Crippen LogP contribution in [0.5, 0.6) is 0 Å². The zero-order chi connectivity index (χ0) is 12.7. The summed E-state index contributed by atoms with van der Waals surface area (Å²) in [5, 5.41) is 4.36. The third-order valence-electron chi connectivity index (χ3n) is 3.08. The number of hydrogen-bond acceptors (Lipinski definition) is 6. The fourth-order valence-corrected chi connectivity index (χ4v) is 2.31. The molecule has 18 heavy (non-hydrogen) atoms. The summed E-state index contributed by atoms with van der Waals surface area (Å²) in [6, 6.07) is 0. The van der Waals surface area contributed by atoms with Gasteiger partial charge in [-0.15, -0.1) is 4.91 Å². The van der Waals surface area contributed by atoms with Crippen LogP contribution in [0, 0.1) is 4.91 Å². The summed E-state index contributed by atoms with van der Waals surface area (Å²) in [5.41, 5.74) is 5.66. The molecule has 1 saturated heterocycles. The van der Waals surface area contributed by atoms with Crippen molar-refractivity contribution in [1.82, 2.24) is 24.5 Å². The van der Waals surface area contributed by atoms with E-state index in [0.717, 1.165) is 12.8 Å². The predicted octanol–water partition coefficient (Wildman–Crippen LogP) is -0.0224. The third-order valence-corrected chi connectivity index (χ3v) is 3.08. The van der Waals surface area contributed by atoms with E-state index in [1.807, 2.05) is 0 Å². The first-order chi connectivity index (χ1) is 8.70. The smallest absolute Gasteiger partial charge is 0.278 e. The first-order valence-corrected chi connectivity index (χ1v) is 5.53. The molecule has 0 amide bonds. The molecule has 9 nitrogen and oxygen atoms in total. The number of fused-ring (bicyclic) bond motifs is 1. The Bertz CT molecular complexity index is 660. The molecule has 3 N–H and O–H groups in total. The summed E-state index contributed by atoms with van der Waals surface area (Å²) >= 11 is 0. The van der Waals surface area contributed by atoms with E-state index in [4.69, 9.17) is 5.73 Å². The molecule has 3 heterocycles. The first kappa shape index (κ1) is 10.7. The molecule has 1 aliphatic rings. The molecular formula is C9H11N7O2. The number of nitrogens with two attached hydrogens (primary N) is 1. The van der Waals surface area contributed by atoms with E-state index in [1.165, 1.54) is 11.3 Å². The van der Waals surface area contributed by atoms with Gasteiger partial charge in [0.05, 0.1) is 11.6 Å². The van der Waals surface area contributed by atoms with Crippen LogP contribution in [0.3, 0.4) is 0 Å². The lowest BCUT2D eigenvalue weighted by Crippen LogP contribution is -2.24. The molecule has 1 atom stereocenters. The van der Waals surface area contributed by atoms with Crippen LogP contribution in [0.4, 0.5) is 5.95 Å². The fraction of sp³-hybridized carbons (Fsp3) is 0.444. The quantitative estimate of drug-likeness (QED) is 0.721. The van der Waals surface area contributed by atoms with Gasteiger partial charge in [0.2, 0.25) is 5.95 Å². The van der Waals surface area contributed by atoms with Gasteiger partial charge in [-0.25, -0.2) is 9.99 Å². The van der Waals surface area contributed by atoms with Crippen LogP contribution in [-0.2, 0) is 0 Å². The van der Waals surface area contributed by atoms with Crippen molar-refractivity contribution >= 4 is 17.1 Å². The number of nitrogens with zero attached hydrogens (tertiary/aromatic N) is 5. The van der Waals surface area contributed by atoms with Crippen molar-refractivity contribution in [2.45, 2.75) is 19.0 Å². The number of nitrogens with one attached hydrogen (secondary N) is 1. The Hall–Kier alpha value is -2.45. The van der Waals surface area contributed by atoms with Gasteiger partial charge in [-0.2, -0.15) is 4.98 Å². The van der Waals surface area contributed by atoms with E-state index in [9.17, 15) is 9.70 Å². The maximum absolute atomic E-state index is 11.9. The molecule has 9 heteroatoms. The largest absolute Gasteiger partial charge is 0.369 e. The molecule has 1 fully saturated rings. The molecule has 94 valence electrons. The van der Waals surface area contributed by atoms with Crippen LogP contribution in [0.25, 0.3) is 11.2 Å². The Morgan fingerprint density at radius 2 is 2.39 bits per heavy atom. The minimum atomic E-state index is -0.368. The third kappa shape index (κ3) is 1.44. The van der Waals surface area contributed by atoms with Crippen molar-refractivity contribution in [2.24, 2.45) is 5.29 Å². The Balaban J connectivity index is 2.18. The zero-order valence-electron chi connectivity index (χ0n) is 9.41. The highest BCUT2D eigenvalue weighted by Gasteiger charge is 2.28. The average molecular weight is 249 g/mol. The molecule has 0 bridgehead atoms. The lowest BCUT2D eigenvalue weighted by molar-refractivity contribution is 0.203. The lowest BCUT2D eigenvalue weighted by atomic mass is 10.3. The van der Waals surface area contributed by atoms with Gasteiger partial charge in [-0.3, -0.25) is 9.78 Å². The van der Waals surface area contributed by atoms with Gasteiger partial charge in [0, 0.05) is 6.54 Å². The molecule has 2 aromatic rings. The summed E-state index contributed by atoms with van der Waals surface area (Å²) < 4.78 is 1.62. The average Bonchev–Trinajstić information content (AvgIpc) is 2.92. The van der Waals surface area contributed by atoms with Crippen LogP contribution >= 0.6 is 0 Å². The normalized spacial score (nSPS) is 19.6. The maximum Gasteiger partial charge on any atom is 0.278 e. The molecule has 1 aliphatic heterocycles. The van der Waals surface area contributed by atoms with E-state index in [0.29, 0.717) is 12.1 Å². The van der Waals surface area contributed by atoms with E-state index in [1.54, 1.807) is 4.57 Å². The second-order valence-corrected chi connectivity index (χ2v) is 4.14. The second-order valence-electron chi connectivity index (χ2n) is 4.14. The standard InChI is InChI=1S/C9H11N7O2/c10-9-12-7-6(8(17)13-9)15(4-11-7)5-2-1-3-16(5)14-18/h4-5H,1-3H2,(H3,10,12,13,17). The highest BCUT2D eigenvalue weighted by atomic mass is 16.3. The maximum atomic E-state index is 11.9. The van der Waals surface area contributed by atoms with Crippen molar-refractivity contribution < 1.29 is 0 Å². The molecule has 1 unspecified atom stereocenters. The number of nitrogen functional groups attached to an aromatic ring is 1. The number of aromatic amines is 1. The zero-order valence-corrected chi connectivity index (χ0v) is 9.41. The van der Waals surface area contributed by atoms with Crippen molar-refractivity contribution in [3.8, 4) is 0 Å². The highest BCUT2D eigenvalue weighted by Crippen LogP contribution is 2.28. The summed E-state index contributed by atoms with van der Waals surface area (Å²) in [4.78, 5) is 33.0. The van der Waals surface area contributed by atoms with Gasteiger partial charge in [0.1, 0.15) is 6.17 Å². The van der Waals surface area contributed by atoms with Crippen LogP contribution in [0.1, 0.15) is 19.0 Å². The molecule has 0 aliphatic carbocycles. The van der Waals surface area contributed by atoms with Gasteiger partial charge >= 0.3 is 0 Å². The minimum absolute atomic E-state index is 0.0227. The van der Waals surface area contributed by atoms with Crippen LogP contribution in [-0.4, -0.2) is 31.1 Å². The molecule has 2 aromatic heterocycles. The van der Waals surface area contributed by atoms with E-state index < -0.39 is 0 Å². The van der Waals surface area contributed by atoms with E-state index in [2.05, 4.69) is 20.2 Å². The Morgan fingerprint density at radius 3 is 3.17 bits per heavy atom. The van der Waals surface area contributed by atoms with Crippen LogP contribution in [0.2, 0.25) is 0 Å². The summed E-state index contributed by atoms with van der Waals surface area (Å²) in [6.45, 7) is 0.578. The number of rotatable bonds is 2. The Morgan fingerprint density at radius 1 is 1.56 bits per heavy atom. The molecule has 0 saturated carbocycles. The van der Waals surface area contributed by atoms with Crippen LogP contribution < -0.4 is 11.3 Å². The minimum Gasteiger partial charge on any atom is -0.369 e. The topological polar surface area (TPSA) is 122 Å². The fourth-order valence-electron chi connectivity index (χ4n) is 2.31.